The number of aromatic amines is 1. The molecule has 21 heteroatoms. The summed E-state index contributed by atoms with van der Waals surface area (Å²) in [5.41, 5.74) is -1.80. The Morgan fingerprint density at radius 1 is 1.07 bits per heavy atom. The molecule has 1 aromatic rings. The number of phosphoric ester groups is 1. The highest BCUT2D eigenvalue weighted by molar-refractivity contribution is 9.10. The topological polar surface area (TPSA) is 264 Å². The molecule has 1 aliphatic rings. The van der Waals surface area contributed by atoms with E-state index in [0.29, 0.717) is 4.57 Å². The first-order valence-electron chi connectivity index (χ1n) is 7.32. The molecular weight excluding hydrogens is 549 g/mol. The number of ether oxygens (including phenoxy) is 1. The Kier molecular flexibility index (Phi) is 7.83. The summed E-state index contributed by atoms with van der Waals surface area (Å²) in [5.74, 6) is 0. The van der Waals surface area contributed by atoms with Crippen LogP contribution in [0.3, 0.4) is 0 Å². The molecule has 0 saturated carbocycles. The van der Waals surface area contributed by atoms with Gasteiger partial charge in [-0.3, -0.25) is 18.9 Å². The van der Waals surface area contributed by atoms with Crippen molar-refractivity contribution < 1.29 is 61.4 Å². The molecular formula is C9H14BrN2O15P3. The molecule has 172 valence electrons. The lowest BCUT2D eigenvalue weighted by molar-refractivity contribution is -0.0543. The van der Waals surface area contributed by atoms with Gasteiger partial charge in [0.1, 0.15) is 18.3 Å². The minimum absolute atomic E-state index is 0.121. The van der Waals surface area contributed by atoms with Gasteiger partial charge in [0.2, 0.25) is 0 Å². The maximum Gasteiger partial charge on any atom is 0.490 e. The first-order chi connectivity index (χ1) is 13.5. The monoisotopic (exact) mass is 562 g/mol. The Morgan fingerprint density at radius 2 is 1.67 bits per heavy atom. The number of phosphoric acid groups is 3. The summed E-state index contributed by atoms with van der Waals surface area (Å²) in [6.07, 6.45) is -5.80. The lowest BCUT2D eigenvalue weighted by Gasteiger charge is -2.19. The van der Waals surface area contributed by atoms with Gasteiger partial charge < -0.3 is 34.5 Å². The van der Waals surface area contributed by atoms with Gasteiger partial charge in [0.05, 0.1) is 11.1 Å². The van der Waals surface area contributed by atoms with E-state index >= 15 is 0 Å². The highest BCUT2D eigenvalue weighted by atomic mass is 79.9. The molecule has 2 unspecified atom stereocenters. The van der Waals surface area contributed by atoms with Crippen molar-refractivity contribution in [3.05, 3.63) is 31.5 Å². The number of nitrogens with one attached hydrogen (secondary N) is 1. The zero-order valence-electron chi connectivity index (χ0n) is 14.1. The predicted molar refractivity (Wildman–Crippen MR) is 94.8 cm³/mol. The van der Waals surface area contributed by atoms with Crippen molar-refractivity contribution in [2.45, 2.75) is 24.5 Å². The molecule has 0 aliphatic carbocycles. The highest BCUT2D eigenvalue weighted by Gasteiger charge is 2.46. The predicted octanol–water partition coefficient (Wildman–Crippen LogP) is -1.74. The van der Waals surface area contributed by atoms with E-state index in [4.69, 9.17) is 19.4 Å². The first kappa shape index (κ1) is 25.7. The minimum atomic E-state index is -5.74. The SMILES string of the molecule is O=c1[nH]c(=O)n([C@@H]2O[C@H](COP(=O)(O)OP(=O)(O)OP(=O)(O)O)[C@@H](O)[C@H]2O)cc1Br. The molecule has 0 amide bonds. The molecule has 0 bridgehead atoms. The molecule has 0 aromatic carbocycles. The van der Waals surface area contributed by atoms with Crippen LogP contribution in [0.15, 0.2) is 20.3 Å². The van der Waals surface area contributed by atoms with Gasteiger partial charge in [-0.05, 0) is 15.9 Å². The maximum atomic E-state index is 11.9. The van der Waals surface area contributed by atoms with Crippen LogP contribution in [0.1, 0.15) is 6.23 Å². The van der Waals surface area contributed by atoms with Gasteiger partial charge in [0.15, 0.2) is 6.23 Å². The van der Waals surface area contributed by atoms with Crippen LogP contribution in [0.4, 0.5) is 0 Å². The molecule has 0 radical (unpaired) electrons. The van der Waals surface area contributed by atoms with Gasteiger partial charge in [-0.2, -0.15) is 8.62 Å². The summed E-state index contributed by atoms with van der Waals surface area (Å²) < 4.78 is 50.6. The van der Waals surface area contributed by atoms with E-state index in [0.717, 1.165) is 6.20 Å². The van der Waals surface area contributed by atoms with Gasteiger partial charge in [0.25, 0.3) is 5.56 Å². The van der Waals surface area contributed by atoms with E-state index in [1.165, 1.54) is 0 Å². The number of aliphatic hydroxyl groups is 2. The lowest BCUT2D eigenvalue weighted by Crippen LogP contribution is -2.38. The fraction of sp³-hybridized carbons (Fsp3) is 0.556. The highest BCUT2D eigenvalue weighted by Crippen LogP contribution is 2.66. The fourth-order valence-corrected chi connectivity index (χ4v) is 5.57. The van der Waals surface area contributed by atoms with Crippen molar-refractivity contribution in [2.75, 3.05) is 6.61 Å². The Labute approximate surface area is 173 Å². The maximum absolute atomic E-state index is 11.9. The molecule has 30 heavy (non-hydrogen) atoms. The molecule has 6 atom stereocenters. The van der Waals surface area contributed by atoms with E-state index in [1.54, 1.807) is 0 Å². The molecule has 2 rings (SSSR count). The number of halogens is 1. The second kappa shape index (κ2) is 9.13. The van der Waals surface area contributed by atoms with Gasteiger partial charge in [-0.1, -0.05) is 0 Å². The van der Waals surface area contributed by atoms with E-state index in [2.05, 4.69) is 29.1 Å². The third kappa shape index (κ3) is 6.72. The Morgan fingerprint density at radius 3 is 2.23 bits per heavy atom. The van der Waals surface area contributed by atoms with Gasteiger partial charge in [-0.25, -0.2) is 18.5 Å². The lowest BCUT2D eigenvalue weighted by atomic mass is 10.1. The second-order valence-corrected chi connectivity index (χ2v) is 10.9. The van der Waals surface area contributed by atoms with E-state index in [9.17, 15) is 38.4 Å². The van der Waals surface area contributed by atoms with Crippen molar-refractivity contribution in [1.82, 2.24) is 9.55 Å². The Bertz CT molecular complexity index is 1050. The number of hydrogen-bond donors (Lipinski definition) is 7. The standard InChI is InChI=1S/C9H14BrN2O15P3/c10-3-1-12(9(16)11-7(3)15)8-6(14)5(13)4(25-8)2-24-29(20,21)27-30(22,23)26-28(17,18)19/h1,4-6,8,13-14H,2H2,(H,20,21)(H,22,23)(H,11,15,16)(H2,17,18,19)/t4-,5-,6-,8-/m1/s1. The number of H-pyrrole nitrogens is 1. The van der Waals surface area contributed by atoms with E-state index in [1.807, 2.05) is 4.98 Å². The molecule has 7 N–H and O–H groups in total. The summed E-state index contributed by atoms with van der Waals surface area (Å²) in [6, 6.07) is 0. The van der Waals surface area contributed by atoms with Gasteiger partial charge in [0, 0.05) is 6.20 Å². The molecule has 1 aromatic heterocycles. The van der Waals surface area contributed by atoms with Crippen LogP contribution < -0.4 is 11.2 Å². The largest absolute Gasteiger partial charge is 0.490 e. The third-order valence-corrected chi connectivity index (χ3v) is 7.72. The number of nitrogens with zero attached hydrogens (tertiary/aromatic N) is 1. The van der Waals surface area contributed by atoms with Crippen molar-refractivity contribution in [1.29, 1.82) is 0 Å². The molecule has 0 spiro atoms. The number of hydrogen-bond acceptors (Lipinski definition) is 11. The first-order valence-corrected chi connectivity index (χ1v) is 12.6. The van der Waals surface area contributed by atoms with Crippen molar-refractivity contribution in [3.63, 3.8) is 0 Å². The molecule has 1 aliphatic heterocycles. The average Bonchev–Trinajstić information content (AvgIpc) is 2.81. The van der Waals surface area contributed by atoms with Crippen LogP contribution in [0, 0.1) is 0 Å². The number of rotatable bonds is 8. The van der Waals surface area contributed by atoms with Crippen molar-refractivity contribution in [3.8, 4) is 0 Å². The molecule has 17 nitrogen and oxygen atoms in total. The summed E-state index contributed by atoms with van der Waals surface area (Å²) >= 11 is 2.85. The third-order valence-electron chi connectivity index (χ3n) is 3.35. The van der Waals surface area contributed by atoms with Crippen LogP contribution in [0.25, 0.3) is 0 Å². The summed E-state index contributed by atoms with van der Waals surface area (Å²) in [5, 5.41) is 20.0. The number of aromatic nitrogens is 2. The smallest absolute Gasteiger partial charge is 0.387 e. The summed E-state index contributed by atoms with van der Waals surface area (Å²) in [6.45, 7) is -1.06. The van der Waals surface area contributed by atoms with Gasteiger partial charge >= 0.3 is 29.2 Å². The van der Waals surface area contributed by atoms with E-state index < -0.39 is 65.9 Å². The van der Waals surface area contributed by atoms with Crippen LogP contribution in [-0.4, -0.2) is 64.3 Å². The van der Waals surface area contributed by atoms with Crippen LogP contribution in [0.2, 0.25) is 0 Å². The van der Waals surface area contributed by atoms with Crippen LogP contribution in [0.5, 0.6) is 0 Å². The van der Waals surface area contributed by atoms with E-state index in [-0.39, 0.29) is 4.47 Å². The normalized spacial score (nSPS) is 28.8. The average molecular weight is 563 g/mol. The Hall–Kier alpha value is -0.550. The second-order valence-electron chi connectivity index (χ2n) is 5.58. The quantitative estimate of drug-likeness (QED) is 0.173. The minimum Gasteiger partial charge on any atom is -0.387 e. The van der Waals surface area contributed by atoms with Crippen LogP contribution >= 0.6 is 39.4 Å². The van der Waals surface area contributed by atoms with Crippen molar-refractivity contribution in [2.24, 2.45) is 0 Å². The summed E-state index contributed by atoms with van der Waals surface area (Å²) in [7, 11) is -16.8. The summed E-state index contributed by atoms with van der Waals surface area (Å²) in [4.78, 5) is 60.5. The fourth-order valence-electron chi connectivity index (χ4n) is 2.22. The number of aliphatic hydroxyl groups excluding tert-OH is 2. The zero-order valence-corrected chi connectivity index (χ0v) is 18.4. The zero-order chi connectivity index (χ0) is 23.1. The van der Waals surface area contributed by atoms with Gasteiger partial charge in [-0.15, -0.1) is 0 Å². The molecule has 1 fully saturated rings. The molecule has 1 saturated heterocycles. The molecule has 2 heterocycles. The van der Waals surface area contributed by atoms with Crippen LogP contribution in [-0.2, 0) is 31.6 Å². The van der Waals surface area contributed by atoms with Crippen molar-refractivity contribution >= 4 is 39.4 Å². The Balaban J connectivity index is 2.09.